The average molecular weight is 929 g/mol. The van der Waals surface area contributed by atoms with Gasteiger partial charge in [-0.25, -0.2) is 8.78 Å². The van der Waals surface area contributed by atoms with Gasteiger partial charge in [0.05, 0.1) is 0 Å². The van der Waals surface area contributed by atoms with Crippen molar-refractivity contribution in [1.82, 2.24) is 0 Å². The number of phenolic OH excluding ortho intramolecular Hbond substituents is 5. The maximum Gasteiger partial charge on any atom is 0.130 e. The summed E-state index contributed by atoms with van der Waals surface area (Å²) in [6, 6.07) is 27.1. The van der Waals surface area contributed by atoms with Crippen LogP contribution >= 0.6 is 0 Å². The quantitative estimate of drug-likeness (QED) is 0.115. The first-order valence-electron chi connectivity index (χ1n) is 24.7. The molecule has 2 fully saturated rings. The number of aromatic hydroxyl groups is 5. The van der Waals surface area contributed by atoms with Crippen LogP contribution in [0.1, 0.15) is 168 Å². The van der Waals surface area contributed by atoms with Crippen LogP contribution in [0.3, 0.4) is 0 Å². The van der Waals surface area contributed by atoms with Crippen LogP contribution in [0, 0.1) is 67.0 Å². The second-order valence-electron chi connectivity index (χ2n) is 19.0. The number of phenols is 5. The maximum atomic E-state index is 13.7. The lowest BCUT2D eigenvalue weighted by Gasteiger charge is -2.25. The summed E-state index contributed by atoms with van der Waals surface area (Å²) in [5.41, 5.74) is 15.9. The fourth-order valence-electron chi connectivity index (χ4n) is 10.4. The molecular formula is C61H78F2O5. The van der Waals surface area contributed by atoms with Crippen molar-refractivity contribution in [1.29, 1.82) is 0 Å². The summed E-state index contributed by atoms with van der Waals surface area (Å²) < 4.78 is 26.7. The minimum absolute atomic E-state index is 0.00259. The van der Waals surface area contributed by atoms with Crippen LogP contribution in [0.2, 0.25) is 0 Å². The van der Waals surface area contributed by atoms with Gasteiger partial charge in [0.25, 0.3) is 0 Å². The minimum atomic E-state index is -0.315. The largest absolute Gasteiger partial charge is 0.508 e. The Bertz CT molecular complexity index is 2290. The molecule has 6 aromatic carbocycles. The van der Waals surface area contributed by atoms with E-state index in [9.17, 15) is 29.2 Å². The third-order valence-corrected chi connectivity index (χ3v) is 13.6. The van der Waals surface area contributed by atoms with Crippen molar-refractivity contribution in [2.24, 2.45) is 0 Å². The lowest BCUT2D eigenvalue weighted by molar-refractivity contribution is 0.423. The van der Waals surface area contributed by atoms with Gasteiger partial charge in [0.2, 0.25) is 0 Å². The summed E-state index contributed by atoms with van der Waals surface area (Å²) in [6.45, 7) is 20.1. The Morgan fingerprint density at radius 2 is 0.706 bits per heavy atom. The van der Waals surface area contributed by atoms with E-state index in [1.165, 1.54) is 102 Å². The molecule has 0 radical (unpaired) electrons. The number of rotatable bonds is 6. The number of benzene rings is 6. The lowest BCUT2D eigenvalue weighted by Crippen LogP contribution is -2.08. The second-order valence-corrected chi connectivity index (χ2v) is 19.0. The van der Waals surface area contributed by atoms with Gasteiger partial charge < -0.3 is 25.5 Å². The van der Waals surface area contributed by atoms with Crippen LogP contribution in [0.4, 0.5) is 8.78 Å². The van der Waals surface area contributed by atoms with Gasteiger partial charge in [0.1, 0.15) is 40.4 Å². The van der Waals surface area contributed by atoms with E-state index in [0.717, 1.165) is 65.5 Å². The van der Waals surface area contributed by atoms with Crippen LogP contribution in [-0.4, -0.2) is 25.5 Å². The third kappa shape index (κ3) is 16.2. The van der Waals surface area contributed by atoms with Crippen LogP contribution in [0.15, 0.2) is 91.0 Å². The van der Waals surface area contributed by atoms with Gasteiger partial charge in [-0.1, -0.05) is 82.7 Å². The van der Waals surface area contributed by atoms with Gasteiger partial charge in [-0.3, -0.25) is 0 Å². The zero-order chi connectivity index (χ0) is 50.1. The zero-order valence-corrected chi connectivity index (χ0v) is 42.5. The fourth-order valence-corrected chi connectivity index (χ4v) is 10.4. The summed E-state index contributed by atoms with van der Waals surface area (Å²) in [7, 11) is 0. The Balaban J connectivity index is 0.000000187. The molecule has 0 unspecified atom stereocenters. The maximum absolute atomic E-state index is 13.7. The van der Waals surface area contributed by atoms with Gasteiger partial charge in [0, 0.05) is 12.1 Å². The zero-order valence-electron chi connectivity index (χ0n) is 42.5. The molecule has 0 saturated heterocycles. The Morgan fingerprint density at radius 3 is 1.09 bits per heavy atom. The smallest absolute Gasteiger partial charge is 0.130 e. The summed E-state index contributed by atoms with van der Waals surface area (Å²) in [6.07, 6.45) is 15.3. The molecule has 2 saturated carbocycles. The van der Waals surface area contributed by atoms with E-state index in [0.29, 0.717) is 35.2 Å². The van der Waals surface area contributed by atoms with Crippen LogP contribution < -0.4 is 0 Å². The molecule has 0 amide bonds. The average Bonchev–Trinajstić information content (AvgIpc) is 3.26. The van der Waals surface area contributed by atoms with Crippen LogP contribution in [0.5, 0.6) is 28.7 Å². The molecule has 2 aliphatic rings. The van der Waals surface area contributed by atoms with E-state index in [2.05, 4.69) is 45.0 Å². The molecule has 0 heterocycles. The molecule has 7 heteroatoms. The van der Waals surface area contributed by atoms with Crippen molar-refractivity contribution in [3.05, 3.63) is 181 Å². The molecule has 366 valence electrons. The number of hydrogen-bond acceptors (Lipinski definition) is 5. The molecule has 68 heavy (non-hydrogen) atoms. The standard InChI is InChI=1S/C15H16O.C14H20O.C13H17FO.C10H14O.C9H11FO/c1-11-8-14(16)9-12(2)15(11)10-13-6-4-3-5-7-13;1-10-8-13(15)9-11(2)14(10)12-6-4-3-5-7-12;1-9-7-11(15)8-12(14)13(9)10-5-3-2-4-6-10;1-4-10-7(2)5-9(11)6-8(10)3;1-3-8-6(2)4-7(11)5-9(8)10/h3-9,16H,10H2,1-2H3;8-9,12,15H,3-7H2,1-2H3;7-8,10,15H,2-6H2,1H3;5-6,11H,4H2,1-3H3;4-5,11H,3H2,1-2H3. The first-order chi connectivity index (χ1) is 32.3. The van der Waals surface area contributed by atoms with E-state index in [1.54, 1.807) is 19.1 Å². The molecule has 6 aromatic rings. The normalized spacial score (nSPS) is 13.6. The van der Waals surface area contributed by atoms with Crippen molar-refractivity contribution < 1.29 is 34.3 Å². The molecule has 0 spiro atoms. The molecule has 0 bridgehead atoms. The van der Waals surface area contributed by atoms with Gasteiger partial charge in [-0.2, -0.15) is 0 Å². The highest BCUT2D eigenvalue weighted by Gasteiger charge is 2.22. The van der Waals surface area contributed by atoms with Gasteiger partial charge in [0.15, 0.2) is 0 Å². The predicted molar refractivity (Wildman–Crippen MR) is 278 cm³/mol. The van der Waals surface area contributed by atoms with E-state index < -0.39 is 0 Å². The molecule has 5 nitrogen and oxygen atoms in total. The van der Waals surface area contributed by atoms with Crippen molar-refractivity contribution in [2.75, 3.05) is 0 Å². The van der Waals surface area contributed by atoms with Crippen LogP contribution in [-0.2, 0) is 19.3 Å². The summed E-state index contributed by atoms with van der Waals surface area (Å²) in [4.78, 5) is 0. The first kappa shape index (κ1) is 54.8. The monoisotopic (exact) mass is 929 g/mol. The molecule has 2 aliphatic carbocycles. The predicted octanol–water partition coefficient (Wildman–Crippen LogP) is 16.5. The summed E-state index contributed by atoms with van der Waals surface area (Å²) >= 11 is 0. The Morgan fingerprint density at radius 1 is 0.382 bits per heavy atom. The molecule has 0 atom stereocenters. The van der Waals surface area contributed by atoms with Crippen molar-refractivity contribution >= 4 is 0 Å². The van der Waals surface area contributed by atoms with Gasteiger partial charge in [-0.15, -0.1) is 0 Å². The third-order valence-electron chi connectivity index (χ3n) is 13.6. The van der Waals surface area contributed by atoms with Crippen molar-refractivity contribution in [3.8, 4) is 28.7 Å². The van der Waals surface area contributed by atoms with Crippen molar-refractivity contribution in [3.63, 3.8) is 0 Å². The van der Waals surface area contributed by atoms with Gasteiger partial charge in [-0.05, 0) is 239 Å². The summed E-state index contributed by atoms with van der Waals surface area (Å²) in [5, 5.41) is 46.5. The van der Waals surface area contributed by atoms with E-state index >= 15 is 0 Å². The Labute approximate surface area is 406 Å². The topological polar surface area (TPSA) is 101 Å². The molecule has 8 rings (SSSR count). The van der Waals surface area contributed by atoms with Gasteiger partial charge >= 0.3 is 0 Å². The summed E-state index contributed by atoms with van der Waals surface area (Å²) in [5.74, 6) is 1.71. The first-order valence-corrected chi connectivity index (χ1v) is 24.7. The fraction of sp³-hybridized carbons (Fsp3) is 0.410. The van der Waals surface area contributed by atoms with E-state index in [-0.39, 0.29) is 23.1 Å². The van der Waals surface area contributed by atoms with Crippen molar-refractivity contribution in [2.45, 2.75) is 165 Å². The molecular weight excluding hydrogens is 851 g/mol. The molecule has 0 aromatic heterocycles. The highest BCUT2D eigenvalue weighted by molar-refractivity contribution is 5.45. The molecule has 0 aliphatic heterocycles. The highest BCUT2D eigenvalue weighted by atomic mass is 19.1. The highest BCUT2D eigenvalue weighted by Crippen LogP contribution is 2.38. The Hall–Kier alpha value is -5.82. The molecule has 5 N–H and O–H groups in total. The van der Waals surface area contributed by atoms with E-state index in [1.807, 2.05) is 84.0 Å². The van der Waals surface area contributed by atoms with Crippen LogP contribution in [0.25, 0.3) is 0 Å². The van der Waals surface area contributed by atoms with E-state index in [4.69, 9.17) is 5.11 Å². The Kier molecular flexibility index (Phi) is 21.5. The number of hydrogen-bond donors (Lipinski definition) is 5. The second kappa shape index (κ2) is 26.7. The lowest BCUT2D eigenvalue weighted by atomic mass is 9.80. The SMILES string of the molecule is CCc1c(C)cc(O)cc1C.CCc1c(C)cc(O)cc1F.Cc1cc(O)cc(C)c1C1CCCCC1.Cc1cc(O)cc(C)c1Cc1ccccc1.Cc1cc(O)cc(F)c1C1CCCCC1. The number of halogens is 2. The number of aryl methyl sites for hydroxylation is 8. The minimum Gasteiger partial charge on any atom is -0.508 e.